The van der Waals surface area contributed by atoms with Crippen molar-refractivity contribution < 1.29 is 23.7 Å². The molecule has 7 heteroatoms. The molecule has 0 radical (unpaired) electrons. The van der Waals surface area contributed by atoms with Gasteiger partial charge in [0.05, 0.1) is 19.2 Å². The number of anilines is 1. The fraction of sp³-hybridized carbons (Fsp3) is 0.242. The van der Waals surface area contributed by atoms with Crippen molar-refractivity contribution in [3.8, 4) is 17.2 Å². The molecule has 2 aliphatic heterocycles. The molecule has 0 saturated heterocycles. The van der Waals surface area contributed by atoms with Crippen molar-refractivity contribution in [3.05, 3.63) is 119 Å². The molecule has 0 spiro atoms. The summed E-state index contributed by atoms with van der Waals surface area (Å²) in [5.74, 6) is 2.25. The first-order chi connectivity index (χ1) is 19.6. The Morgan fingerprint density at radius 1 is 0.900 bits per heavy atom. The number of nitrogens with one attached hydrogen (secondary N) is 1. The number of alkyl carbamates (subject to hydrolysis) is 1. The van der Waals surface area contributed by atoms with Crippen LogP contribution in [-0.2, 0) is 17.9 Å². The third-order valence-electron chi connectivity index (χ3n) is 7.66. The molecule has 0 aromatic heterocycles. The Morgan fingerprint density at radius 2 is 1.65 bits per heavy atom. The van der Waals surface area contributed by atoms with Crippen molar-refractivity contribution in [3.63, 3.8) is 0 Å². The monoisotopic (exact) mass is 536 g/mol. The molecule has 2 aliphatic rings. The molecule has 204 valence electrons. The lowest BCUT2D eigenvalue weighted by molar-refractivity contribution is 0.129. The maximum Gasteiger partial charge on any atom is 0.407 e. The van der Waals surface area contributed by atoms with Crippen LogP contribution in [-0.4, -0.2) is 20.0 Å². The minimum Gasteiger partial charge on any atom is -0.497 e. The Labute approximate surface area is 234 Å². The van der Waals surface area contributed by atoms with Gasteiger partial charge in [0.25, 0.3) is 0 Å². The highest BCUT2D eigenvalue weighted by Crippen LogP contribution is 2.49. The predicted octanol–water partition coefficient (Wildman–Crippen LogP) is 6.79. The van der Waals surface area contributed by atoms with E-state index in [9.17, 15) is 4.79 Å². The molecule has 0 aliphatic carbocycles. The second-order valence-corrected chi connectivity index (χ2v) is 10.1. The fourth-order valence-electron chi connectivity index (χ4n) is 5.72. The Morgan fingerprint density at radius 3 is 2.42 bits per heavy atom. The summed E-state index contributed by atoms with van der Waals surface area (Å²) in [6.45, 7) is 3.26. The van der Waals surface area contributed by atoms with Gasteiger partial charge in [-0.25, -0.2) is 4.79 Å². The molecular weight excluding hydrogens is 504 g/mol. The zero-order chi connectivity index (χ0) is 27.5. The van der Waals surface area contributed by atoms with E-state index in [2.05, 4.69) is 53.5 Å². The molecule has 4 aromatic carbocycles. The van der Waals surface area contributed by atoms with Gasteiger partial charge in [-0.1, -0.05) is 73.7 Å². The van der Waals surface area contributed by atoms with Gasteiger partial charge in [0.1, 0.15) is 12.4 Å². The molecule has 1 N–H and O–H groups in total. The molecule has 0 fully saturated rings. The first-order valence-electron chi connectivity index (χ1n) is 13.5. The molecule has 4 aromatic rings. The van der Waals surface area contributed by atoms with E-state index in [1.54, 1.807) is 7.11 Å². The lowest BCUT2D eigenvalue weighted by Gasteiger charge is -2.47. The largest absolute Gasteiger partial charge is 0.497 e. The van der Waals surface area contributed by atoms with Gasteiger partial charge in [0.2, 0.25) is 6.79 Å². The summed E-state index contributed by atoms with van der Waals surface area (Å²) >= 11 is 0. The Balaban J connectivity index is 1.36. The summed E-state index contributed by atoms with van der Waals surface area (Å²) in [6.07, 6.45) is -0.453. The highest BCUT2D eigenvalue weighted by molar-refractivity contribution is 5.70. The zero-order valence-electron chi connectivity index (χ0n) is 22.6. The van der Waals surface area contributed by atoms with Crippen LogP contribution in [0.2, 0.25) is 0 Å². The number of carbonyl (C=O) groups is 1. The summed E-state index contributed by atoms with van der Waals surface area (Å²) in [4.78, 5) is 15.5. The highest BCUT2D eigenvalue weighted by Gasteiger charge is 2.41. The first kappa shape index (κ1) is 25.6. The van der Waals surface area contributed by atoms with E-state index in [1.165, 1.54) is 5.56 Å². The van der Waals surface area contributed by atoms with Gasteiger partial charge in [-0.05, 0) is 47.0 Å². The molecule has 3 atom stereocenters. The minimum atomic E-state index is -0.453. The lowest BCUT2D eigenvalue weighted by atomic mass is 9.79. The number of nitrogens with zero attached hydrogens (tertiary/aromatic N) is 1. The van der Waals surface area contributed by atoms with E-state index < -0.39 is 6.09 Å². The SMILES string of the molecule is COc1ccc2c(c1)[C@@H](NC(=O)OCc1ccccc1)[C@H](C)[C@@H](c1ccccc1)N2Cc1ccc2c(c1)OCO2. The zero-order valence-corrected chi connectivity index (χ0v) is 22.6. The van der Waals surface area contributed by atoms with E-state index in [-0.39, 0.29) is 31.4 Å². The summed E-state index contributed by atoms with van der Waals surface area (Å²) in [7, 11) is 1.65. The van der Waals surface area contributed by atoms with E-state index in [0.717, 1.165) is 39.6 Å². The van der Waals surface area contributed by atoms with Crippen LogP contribution in [0.25, 0.3) is 0 Å². The van der Waals surface area contributed by atoms with Crippen LogP contribution in [0, 0.1) is 5.92 Å². The molecular formula is C33H32N2O5. The number of benzene rings is 4. The van der Waals surface area contributed by atoms with Crippen LogP contribution >= 0.6 is 0 Å². The van der Waals surface area contributed by atoms with Gasteiger partial charge >= 0.3 is 6.09 Å². The number of hydrogen-bond acceptors (Lipinski definition) is 6. The molecule has 6 rings (SSSR count). The van der Waals surface area contributed by atoms with Crippen LogP contribution in [0.15, 0.2) is 97.1 Å². The Kier molecular flexibility index (Phi) is 7.19. The number of fused-ring (bicyclic) bond motifs is 2. The summed E-state index contributed by atoms with van der Waals surface area (Å²) in [6, 6.07) is 31.9. The number of hydrogen-bond donors (Lipinski definition) is 1. The number of rotatable bonds is 7. The number of amides is 1. The maximum absolute atomic E-state index is 13.1. The van der Waals surface area contributed by atoms with Gasteiger partial charge in [0.15, 0.2) is 11.5 Å². The predicted molar refractivity (Wildman–Crippen MR) is 153 cm³/mol. The molecule has 1 amide bonds. The highest BCUT2D eigenvalue weighted by atomic mass is 16.7. The third kappa shape index (κ3) is 5.15. The standard InChI is InChI=1S/C33H32N2O5/c1-22-31(34-33(36)38-20-23-9-5-3-6-10-23)27-18-26(37-2)14-15-28(27)35(32(22)25-11-7-4-8-12-25)19-24-13-16-29-30(17-24)40-21-39-29/h3-18,22,31-32H,19-21H2,1-2H3,(H,34,36)/t22-,31-,32-/m0/s1. The van der Waals surface area contributed by atoms with Crippen molar-refractivity contribution in [1.29, 1.82) is 0 Å². The van der Waals surface area contributed by atoms with Gasteiger partial charge in [-0.2, -0.15) is 0 Å². The number of carbonyl (C=O) groups excluding carboxylic acids is 1. The van der Waals surface area contributed by atoms with Crippen molar-refractivity contribution in [2.45, 2.75) is 32.2 Å². The van der Waals surface area contributed by atoms with E-state index in [1.807, 2.05) is 60.7 Å². The molecule has 0 saturated carbocycles. The van der Waals surface area contributed by atoms with Crippen molar-refractivity contribution in [2.24, 2.45) is 5.92 Å². The van der Waals surface area contributed by atoms with Crippen LogP contribution in [0.5, 0.6) is 17.2 Å². The Bertz CT molecular complexity index is 1480. The van der Waals surface area contributed by atoms with Crippen LogP contribution in [0.4, 0.5) is 10.5 Å². The normalized spacial score (nSPS) is 19.1. The molecule has 2 heterocycles. The molecule has 7 nitrogen and oxygen atoms in total. The van der Waals surface area contributed by atoms with Crippen molar-refractivity contribution >= 4 is 11.8 Å². The maximum atomic E-state index is 13.1. The van der Waals surface area contributed by atoms with Crippen LogP contribution < -0.4 is 24.4 Å². The number of ether oxygens (including phenoxy) is 4. The van der Waals surface area contributed by atoms with Gasteiger partial charge in [-0.15, -0.1) is 0 Å². The van der Waals surface area contributed by atoms with Crippen LogP contribution in [0.3, 0.4) is 0 Å². The molecule has 0 bridgehead atoms. The minimum absolute atomic E-state index is 0.000270. The van der Waals surface area contributed by atoms with Gasteiger partial charge < -0.3 is 29.2 Å². The first-order valence-corrected chi connectivity index (χ1v) is 13.5. The molecule has 0 unspecified atom stereocenters. The lowest BCUT2D eigenvalue weighted by Crippen LogP contribution is -2.45. The second-order valence-electron chi connectivity index (χ2n) is 10.1. The smallest absolute Gasteiger partial charge is 0.407 e. The van der Waals surface area contributed by atoms with E-state index >= 15 is 0 Å². The quantitative estimate of drug-likeness (QED) is 0.281. The topological polar surface area (TPSA) is 69.3 Å². The summed E-state index contributed by atoms with van der Waals surface area (Å²) in [5.41, 5.74) is 5.22. The Hall–Kier alpha value is -4.65. The summed E-state index contributed by atoms with van der Waals surface area (Å²) in [5, 5.41) is 3.18. The molecule has 40 heavy (non-hydrogen) atoms. The van der Waals surface area contributed by atoms with Gasteiger partial charge in [-0.3, -0.25) is 0 Å². The van der Waals surface area contributed by atoms with Gasteiger partial charge in [0, 0.05) is 23.7 Å². The second kappa shape index (κ2) is 11.2. The fourth-order valence-corrected chi connectivity index (χ4v) is 5.72. The van der Waals surface area contributed by atoms with Crippen LogP contribution in [0.1, 0.15) is 41.3 Å². The third-order valence-corrected chi connectivity index (χ3v) is 7.66. The van der Waals surface area contributed by atoms with Crippen molar-refractivity contribution in [2.75, 3.05) is 18.8 Å². The number of methoxy groups -OCH3 is 1. The van der Waals surface area contributed by atoms with Crippen molar-refractivity contribution in [1.82, 2.24) is 5.32 Å². The summed E-state index contributed by atoms with van der Waals surface area (Å²) < 4.78 is 22.4. The van der Waals surface area contributed by atoms with E-state index in [4.69, 9.17) is 18.9 Å². The average molecular weight is 537 g/mol. The average Bonchev–Trinajstić information content (AvgIpc) is 3.47. The van der Waals surface area contributed by atoms with E-state index in [0.29, 0.717) is 6.54 Å².